The van der Waals surface area contributed by atoms with Crippen molar-refractivity contribution < 1.29 is 4.52 Å². The first-order chi connectivity index (χ1) is 8.54. The highest BCUT2D eigenvalue weighted by Gasteiger charge is 2.09. The summed E-state index contributed by atoms with van der Waals surface area (Å²) in [5, 5.41) is 3.84. The lowest BCUT2D eigenvalue weighted by Crippen LogP contribution is -1.84. The lowest BCUT2D eigenvalue weighted by Gasteiger charge is -1.94. The second kappa shape index (κ2) is 8.23. The van der Waals surface area contributed by atoms with Crippen LogP contribution in [0.15, 0.2) is 41.5 Å². The monoisotopic (exact) mass is 246 g/mol. The van der Waals surface area contributed by atoms with Crippen LogP contribution >= 0.6 is 0 Å². The summed E-state index contributed by atoms with van der Waals surface area (Å²) < 4.78 is 5.16. The molecule has 0 saturated carbocycles. The molecule has 1 aromatic rings. The molecule has 1 heterocycles. The average molecular weight is 246 g/mol. The Morgan fingerprint density at radius 1 is 1.22 bits per heavy atom. The number of aromatic nitrogens is 2. The second-order valence-corrected chi connectivity index (χ2v) is 3.65. The molecule has 0 saturated heterocycles. The highest BCUT2D eigenvalue weighted by molar-refractivity contribution is 5.71. The van der Waals surface area contributed by atoms with Crippen LogP contribution in [0.1, 0.15) is 46.3 Å². The van der Waals surface area contributed by atoms with Gasteiger partial charge in [0.05, 0.1) is 0 Å². The van der Waals surface area contributed by atoms with Crippen LogP contribution in [0, 0.1) is 0 Å². The van der Waals surface area contributed by atoms with Gasteiger partial charge in [0, 0.05) is 5.57 Å². The van der Waals surface area contributed by atoms with Crippen molar-refractivity contribution >= 4 is 11.1 Å². The summed E-state index contributed by atoms with van der Waals surface area (Å²) in [7, 11) is 0. The zero-order valence-electron chi connectivity index (χ0n) is 11.9. The average Bonchev–Trinajstić information content (AvgIpc) is 2.80. The molecule has 98 valence electrons. The number of rotatable bonds is 4. The van der Waals surface area contributed by atoms with Gasteiger partial charge >= 0.3 is 0 Å². The largest absolute Gasteiger partial charge is 0.334 e. The predicted octanol–water partition coefficient (Wildman–Crippen LogP) is 4.66. The summed E-state index contributed by atoms with van der Waals surface area (Å²) in [5.41, 5.74) is 2.57. The Balaban J connectivity index is 0.00000137. The van der Waals surface area contributed by atoms with Gasteiger partial charge in [-0.05, 0) is 32.4 Å². The maximum absolute atomic E-state index is 5.16. The van der Waals surface area contributed by atoms with Gasteiger partial charge in [-0.2, -0.15) is 4.98 Å². The first-order valence-corrected chi connectivity index (χ1v) is 6.04. The molecular formula is C15H22N2O. The van der Waals surface area contributed by atoms with Crippen LogP contribution < -0.4 is 0 Å². The van der Waals surface area contributed by atoms with Gasteiger partial charge in [-0.25, -0.2) is 0 Å². The summed E-state index contributed by atoms with van der Waals surface area (Å²) in [5.74, 6) is 1.02. The first-order valence-electron chi connectivity index (χ1n) is 6.04. The third-order valence-electron chi connectivity index (χ3n) is 1.80. The molecule has 0 aliphatic rings. The van der Waals surface area contributed by atoms with Gasteiger partial charge in [-0.1, -0.05) is 49.9 Å². The lowest BCUT2D eigenvalue weighted by atomic mass is 10.1. The van der Waals surface area contributed by atoms with E-state index >= 15 is 0 Å². The number of nitrogens with zero attached hydrogens (tertiary/aromatic N) is 2. The van der Waals surface area contributed by atoms with Gasteiger partial charge in [0.2, 0.25) is 0 Å². The SMILES string of the molecule is C=C(C)/C=C(\C=C/C)c1nc(C(=C)C)no1.CC. The lowest BCUT2D eigenvalue weighted by molar-refractivity contribution is 0.405. The molecule has 0 aromatic carbocycles. The van der Waals surface area contributed by atoms with Crippen molar-refractivity contribution in [1.82, 2.24) is 10.1 Å². The molecule has 0 aliphatic carbocycles. The molecule has 0 amide bonds. The van der Waals surface area contributed by atoms with E-state index in [-0.39, 0.29) is 0 Å². The minimum absolute atomic E-state index is 0.485. The maximum atomic E-state index is 5.16. The van der Waals surface area contributed by atoms with Crippen molar-refractivity contribution in [2.75, 3.05) is 0 Å². The van der Waals surface area contributed by atoms with Crippen molar-refractivity contribution in [2.45, 2.75) is 34.6 Å². The Kier molecular flexibility index (Phi) is 7.36. The Morgan fingerprint density at radius 3 is 2.22 bits per heavy atom. The minimum atomic E-state index is 0.485. The number of allylic oxidation sites excluding steroid dienone is 6. The molecule has 0 atom stereocenters. The Hall–Kier alpha value is -1.90. The van der Waals surface area contributed by atoms with Gasteiger partial charge in [-0.3, -0.25) is 0 Å². The first kappa shape index (κ1) is 16.1. The quantitative estimate of drug-likeness (QED) is 0.725. The minimum Gasteiger partial charge on any atom is -0.334 e. The van der Waals surface area contributed by atoms with Crippen molar-refractivity contribution in [2.24, 2.45) is 0 Å². The van der Waals surface area contributed by atoms with Crippen molar-refractivity contribution in [1.29, 1.82) is 0 Å². The molecule has 1 aromatic heterocycles. The predicted molar refractivity (Wildman–Crippen MR) is 78.0 cm³/mol. The number of hydrogen-bond donors (Lipinski definition) is 0. The summed E-state index contributed by atoms with van der Waals surface area (Å²) in [6, 6.07) is 0. The third kappa shape index (κ3) is 4.95. The molecule has 3 heteroatoms. The molecule has 3 nitrogen and oxygen atoms in total. The molecule has 0 fully saturated rings. The Bertz CT molecular complexity index is 465. The molecule has 0 bridgehead atoms. The third-order valence-corrected chi connectivity index (χ3v) is 1.80. The topological polar surface area (TPSA) is 38.9 Å². The van der Waals surface area contributed by atoms with E-state index in [0.717, 1.165) is 16.7 Å². The van der Waals surface area contributed by atoms with Crippen LogP contribution in [0.4, 0.5) is 0 Å². The fourth-order valence-corrected chi connectivity index (χ4v) is 1.14. The smallest absolute Gasteiger partial charge is 0.258 e. The summed E-state index contributed by atoms with van der Waals surface area (Å²) in [6.07, 6.45) is 5.72. The zero-order valence-corrected chi connectivity index (χ0v) is 11.9. The Labute approximate surface area is 110 Å². The van der Waals surface area contributed by atoms with Crippen LogP contribution in [-0.2, 0) is 0 Å². The summed E-state index contributed by atoms with van der Waals surface area (Å²) in [4.78, 5) is 4.24. The van der Waals surface area contributed by atoms with E-state index in [2.05, 4.69) is 23.3 Å². The fourth-order valence-electron chi connectivity index (χ4n) is 1.14. The number of hydrogen-bond acceptors (Lipinski definition) is 3. The van der Waals surface area contributed by atoms with Gasteiger partial charge in [0.1, 0.15) is 0 Å². The van der Waals surface area contributed by atoms with Crippen LogP contribution in [0.2, 0.25) is 0 Å². The van der Waals surface area contributed by atoms with Gasteiger partial charge in [-0.15, -0.1) is 0 Å². The zero-order chi connectivity index (χ0) is 14.1. The molecule has 18 heavy (non-hydrogen) atoms. The molecule has 0 aliphatic heterocycles. The van der Waals surface area contributed by atoms with Crippen LogP contribution in [-0.4, -0.2) is 10.1 Å². The molecule has 0 unspecified atom stereocenters. The summed E-state index contributed by atoms with van der Waals surface area (Å²) in [6.45, 7) is 17.3. The normalized spacial score (nSPS) is 11.1. The standard InChI is InChI=1S/C13H16N2O.C2H6/c1-6-7-11(8-9(2)3)13-14-12(10(4)5)15-16-13;1-2/h6-8H,2,4H2,1,3,5H3;1-2H3/b7-6-,11-8+;. The van der Waals surface area contributed by atoms with E-state index < -0.39 is 0 Å². The molecule has 0 radical (unpaired) electrons. The van der Waals surface area contributed by atoms with Gasteiger partial charge in [0.25, 0.3) is 5.89 Å². The second-order valence-electron chi connectivity index (χ2n) is 3.65. The van der Waals surface area contributed by atoms with E-state index in [1.807, 2.05) is 52.8 Å². The molecule has 0 N–H and O–H groups in total. The van der Waals surface area contributed by atoms with Gasteiger partial charge < -0.3 is 4.52 Å². The van der Waals surface area contributed by atoms with E-state index in [9.17, 15) is 0 Å². The van der Waals surface area contributed by atoms with Crippen LogP contribution in [0.3, 0.4) is 0 Å². The molecular weight excluding hydrogens is 224 g/mol. The van der Waals surface area contributed by atoms with E-state index in [4.69, 9.17) is 4.52 Å². The molecule has 1 rings (SSSR count). The fraction of sp³-hybridized carbons (Fsp3) is 0.333. The van der Waals surface area contributed by atoms with E-state index in [1.165, 1.54) is 0 Å². The van der Waals surface area contributed by atoms with Crippen molar-refractivity contribution in [3.8, 4) is 0 Å². The molecule has 0 spiro atoms. The highest BCUT2D eigenvalue weighted by Crippen LogP contribution is 2.17. The van der Waals surface area contributed by atoms with E-state index in [1.54, 1.807) is 0 Å². The van der Waals surface area contributed by atoms with Crippen molar-refractivity contribution in [3.05, 3.63) is 48.7 Å². The van der Waals surface area contributed by atoms with Crippen molar-refractivity contribution in [3.63, 3.8) is 0 Å². The van der Waals surface area contributed by atoms with Crippen LogP contribution in [0.5, 0.6) is 0 Å². The summed E-state index contributed by atoms with van der Waals surface area (Å²) >= 11 is 0. The highest BCUT2D eigenvalue weighted by atomic mass is 16.5. The Morgan fingerprint density at radius 2 is 1.83 bits per heavy atom. The van der Waals surface area contributed by atoms with E-state index in [0.29, 0.717) is 11.7 Å². The maximum Gasteiger partial charge on any atom is 0.258 e. The van der Waals surface area contributed by atoms with Crippen LogP contribution in [0.25, 0.3) is 11.1 Å². The van der Waals surface area contributed by atoms with Gasteiger partial charge in [0.15, 0.2) is 5.82 Å².